The molecule has 0 aromatic heterocycles. The Balaban J connectivity index is 1.40. The zero-order valence-electron chi connectivity index (χ0n) is 14.5. The van der Waals surface area contributed by atoms with E-state index in [1.165, 1.54) is 12.1 Å². The maximum atomic E-state index is 13.6. The quantitative estimate of drug-likeness (QED) is 0.813. The van der Waals surface area contributed by atoms with Crippen LogP contribution in [-0.4, -0.2) is 24.5 Å². The van der Waals surface area contributed by atoms with E-state index in [1.54, 1.807) is 30.3 Å². The minimum Gasteiger partial charge on any atom is -0.485 e. The van der Waals surface area contributed by atoms with Crippen molar-refractivity contribution in [2.24, 2.45) is 0 Å². The van der Waals surface area contributed by atoms with Crippen molar-refractivity contribution in [1.29, 1.82) is 0 Å². The third kappa shape index (κ3) is 3.20. The van der Waals surface area contributed by atoms with Crippen molar-refractivity contribution in [3.63, 3.8) is 0 Å². The molecule has 1 aliphatic carbocycles. The average Bonchev–Trinajstić information content (AvgIpc) is 2.65. The fourth-order valence-corrected chi connectivity index (χ4v) is 3.43. The van der Waals surface area contributed by atoms with Gasteiger partial charge in [-0.3, -0.25) is 20.4 Å². The van der Waals surface area contributed by atoms with Crippen LogP contribution in [0.3, 0.4) is 0 Å². The maximum Gasteiger partial charge on any atom is 0.283 e. The number of amides is 2. The number of hydrogen-bond donors (Lipinski definition) is 2. The number of fused-ring (bicyclic) bond motifs is 1. The second kappa shape index (κ2) is 6.90. The molecule has 1 atom stereocenters. The Hall–Kier alpha value is -3.09. The number of benzene rings is 2. The van der Waals surface area contributed by atoms with Gasteiger partial charge in [-0.15, -0.1) is 0 Å². The van der Waals surface area contributed by atoms with Gasteiger partial charge in [-0.25, -0.2) is 4.39 Å². The van der Waals surface area contributed by atoms with Gasteiger partial charge in [-0.05, 0) is 42.7 Å². The Morgan fingerprint density at radius 3 is 2.52 bits per heavy atom. The maximum absolute atomic E-state index is 13.6. The number of halogens is 1. The van der Waals surface area contributed by atoms with Crippen molar-refractivity contribution in [1.82, 2.24) is 10.9 Å². The number of hydrogen-bond acceptors (Lipinski definition) is 4. The smallest absolute Gasteiger partial charge is 0.283 e. The monoisotopic (exact) mass is 370 g/mol. The number of ether oxygens (including phenoxy) is 2. The van der Waals surface area contributed by atoms with Crippen molar-refractivity contribution in [2.75, 3.05) is 6.61 Å². The summed E-state index contributed by atoms with van der Waals surface area (Å²) in [7, 11) is 0. The molecule has 1 fully saturated rings. The Morgan fingerprint density at radius 1 is 1.04 bits per heavy atom. The molecule has 0 unspecified atom stereocenters. The lowest BCUT2D eigenvalue weighted by Crippen LogP contribution is -2.57. The van der Waals surface area contributed by atoms with Gasteiger partial charge in [-0.2, -0.15) is 0 Å². The van der Waals surface area contributed by atoms with Crippen LogP contribution in [-0.2, 0) is 15.0 Å². The number of carbonyl (C=O) groups excluding carboxylic acids is 2. The molecular weight excluding hydrogens is 351 g/mol. The summed E-state index contributed by atoms with van der Waals surface area (Å²) in [4.78, 5) is 25.1. The van der Waals surface area contributed by atoms with Crippen molar-refractivity contribution in [2.45, 2.75) is 30.8 Å². The summed E-state index contributed by atoms with van der Waals surface area (Å²) >= 11 is 0. The van der Waals surface area contributed by atoms with E-state index in [-0.39, 0.29) is 18.3 Å². The lowest BCUT2D eigenvalue weighted by Gasteiger charge is -2.40. The van der Waals surface area contributed by atoms with Crippen LogP contribution in [0.1, 0.15) is 24.8 Å². The van der Waals surface area contributed by atoms with Crippen LogP contribution < -0.4 is 20.3 Å². The van der Waals surface area contributed by atoms with E-state index in [0.29, 0.717) is 29.9 Å². The van der Waals surface area contributed by atoms with Crippen LogP contribution >= 0.6 is 0 Å². The van der Waals surface area contributed by atoms with E-state index >= 15 is 0 Å². The van der Waals surface area contributed by atoms with Gasteiger partial charge in [0.05, 0.1) is 5.41 Å². The van der Waals surface area contributed by atoms with Crippen LogP contribution in [0.2, 0.25) is 0 Å². The minimum atomic E-state index is -0.869. The summed E-state index contributed by atoms with van der Waals surface area (Å²) in [5, 5.41) is 0. The van der Waals surface area contributed by atoms with Gasteiger partial charge in [0.15, 0.2) is 11.5 Å². The topological polar surface area (TPSA) is 76.7 Å². The number of hydrazine groups is 1. The SMILES string of the molecule is O=C(NNC(=O)C1(c2cccc(F)c2)CCC1)[C@@H]1COc2ccccc2O1. The molecule has 2 aromatic rings. The summed E-state index contributed by atoms with van der Waals surface area (Å²) in [6.45, 7) is 0.0494. The van der Waals surface area contributed by atoms with Gasteiger partial charge in [-0.1, -0.05) is 30.7 Å². The second-order valence-corrected chi connectivity index (χ2v) is 6.75. The number of carbonyl (C=O) groups is 2. The molecule has 0 spiro atoms. The summed E-state index contributed by atoms with van der Waals surface area (Å²) in [5.74, 6) is -0.200. The largest absolute Gasteiger partial charge is 0.485 e. The second-order valence-electron chi connectivity index (χ2n) is 6.75. The molecule has 2 amide bonds. The Labute approximate surface area is 155 Å². The van der Waals surface area contributed by atoms with Gasteiger partial charge in [0.2, 0.25) is 12.0 Å². The molecule has 0 radical (unpaired) electrons. The first-order chi connectivity index (χ1) is 13.1. The highest BCUT2D eigenvalue weighted by Crippen LogP contribution is 2.44. The van der Waals surface area contributed by atoms with Crippen molar-refractivity contribution >= 4 is 11.8 Å². The van der Waals surface area contributed by atoms with Gasteiger partial charge >= 0.3 is 0 Å². The van der Waals surface area contributed by atoms with Gasteiger partial charge in [0.25, 0.3) is 5.91 Å². The van der Waals surface area contributed by atoms with Crippen molar-refractivity contribution < 1.29 is 23.5 Å². The van der Waals surface area contributed by atoms with Crippen LogP contribution in [0.5, 0.6) is 11.5 Å². The molecule has 1 heterocycles. The van der Waals surface area contributed by atoms with E-state index in [2.05, 4.69) is 10.9 Å². The summed E-state index contributed by atoms with van der Waals surface area (Å²) in [6.07, 6.45) is 1.21. The highest BCUT2D eigenvalue weighted by atomic mass is 19.1. The molecule has 2 aromatic carbocycles. The molecule has 27 heavy (non-hydrogen) atoms. The fraction of sp³-hybridized carbons (Fsp3) is 0.300. The van der Waals surface area contributed by atoms with Crippen molar-refractivity contribution in [3.05, 3.63) is 59.9 Å². The molecule has 6 nitrogen and oxygen atoms in total. The predicted octanol–water partition coefficient (Wildman–Crippen LogP) is 2.23. The number of nitrogens with one attached hydrogen (secondary N) is 2. The minimum absolute atomic E-state index is 0.0494. The lowest BCUT2D eigenvalue weighted by molar-refractivity contribution is -0.138. The lowest BCUT2D eigenvalue weighted by atomic mass is 9.64. The van der Waals surface area contributed by atoms with Crippen LogP contribution in [0.15, 0.2) is 48.5 Å². The predicted molar refractivity (Wildman–Crippen MR) is 94.6 cm³/mol. The first kappa shape index (κ1) is 17.3. The Morgan fingerprint density at radius 2 is 1.81 bits per heavy atom. The van der Waals surface area contributed by atoms with E-state index in [1.807, 2.05) is 6.07 Å². The average molecular weight is 370 g/mol. The molecule has 0 saturated heterocycles. The Bertz CT molecular complexity index is 882. The Kier molecular flexibility index (Phi) is 4.43. The molecular formula is C20H19FN2O4. The zero-order valence-corrected chi connectivity index (χ0v) is 14.5. The highest BCUT2D eigenvalue weighted by Gasteiger charge is 2.46. The normalized spacial score (nSPS) is 19.5. The van der Waals surface area contributed by atoms with E-state index < -0.39 is 17.4 Å². The van der Waals surface area contributed by atoms with Crippen molar-refractivity contribution in [3.8, 4) is 11.5 Å². The standard InChI is InChI=1S/C20H19FN2O4/c21-14-6-3-5-13(11-14)20(9-4-10-20)19(25)23-22-18(24)17-12-26-15-7-1-2-8-16(15)27-17/h1-3,5-8,11,17H,4,9-10,12H2,(H,22,24)(H,23,25)/t17-/m0/s1. The summed E-state index contributed by atoms with van der Waals surface area (Å²) in [5.41, 5.74) is 4.68. The van der Waals surface area contributed by atoms with Gasteiger partial charge < -0.3 is 9.47 Å². The van der Waals surface area contributed by atoms with Crippen LogP contribution in [0.25, 0.3) is 0 Å². The van der Waals surface area contributed by atoms with Crippen LogP contribution in [0.4, 0.5) is 4.39 Å². The highest BCUT2D eigenvalue weighted by molar-refractivity contribution is 5.91. The van der Waals surface area contributed by atoms with Gasteiger partial charge in [0.1, 0.15) is 12.4 Å². The van der Waals surface area contributed by atoms with E-state index in [0.717, 1.165) is 6.42 Å². The zero-order chi connectivity index (χ0) is 18.9. The molecule has 140 valence electrons. The molecule has 7 heteroatoms. The third-order valence-corrected chi connectivity index (χ3v) is 5.12. The first-order valence-electron chi connectivity index (χ1n) is 8.83. The first-order valence-corrected chi connectivity index (χ1v) is 8.83. The summed E-state index contributed by atoms with van der Waals surface area (Å²) in [6, 6.07) is 13.1. The molecule has 4 rings (SSSR count). The molecule has 2 aliphatic rings. The van der Waals surface area contributed by atoms with Gasteiger partial charge in [0, 0.05) is 0 Å². The third-order valence-electron chi connectivity index (χ3n) is 5.12. The summed E-state index contributed by atoms with van der Waals surface area (Å²) < 4.78 is 24.7. The molecule has 0 bridgehead atoms. The van der Waals surface area contributed by atoms with E-state index in [4.69, 9.17) is 9.47 Å². The number of para-hydroxylation sites is 2. The molecule has 1 aliphatic heterocycles. The molecule has 2 N–H and O–H groups in total. The number of rotatable bonds is 3. The molecule has 1 saturated carbocycles. The van der Waals surface area contributed by atoms with E-state index in [9.17, 15) is 14.0 Å². The van der Waals surface area contributed by atoms with Crippen LogP contribution in [0, 0.1) is 5.82 Å². The fourth-order valence-electron chi connectivity index (χ4n) is 3.43.